The first-order chi connectivity index (χ1) is 15.3. The van der Waals surface area contributed by atoms with Gasteiger partial charge in [-0.05, 0) is 50.4 Å². The number of halogens is 2. The van der Waals surface area contributed by atoms with Crippen molar-refractivity contribution in [1.82, 2.24) is 19.4 Å². The molecule has 4 heterocycles. The van der Waals surface area contributed by atoms with Crippen LogP contribution in [0.1, 0.15) is 36.5 Å². The Labute approximate surface area is 188 Å². The number of piperazine rings is 1. The molecule has 1 aromatic rings. The molecule has 4 aliphatic rings. The van der Waals surface area contributed by atoms with E-state index in [-0.39, 0.29) is 17.8 Å². The molecular formula is C22H32F2N4O3S. The van der Waals surface area contributed by atoms with Crippen molar-refractivity contribution >= 4 is 15.9 Å². The van der Waals surface area contributed by atoms with Gasteiger partial charge in [-0.1, -0.05) is 13.0 Å². The van der Waals surface area contributed by atoms with Crippen LogP contribution in [0.5, 0.6) is 0 Å². The summed E-state index contributed by atoms with van der Waals surface area (Å²) in [5, 5.41) is 2.82. The maximum Gasteiger partial charge on any atom is 0.257 e. The molecule has 4 fully saturated rings. The highest BCUT2D eigenvalue weighted by Crippen LogP contribution is 2.40. The van der Waals surface area contributed by atoms with Crippen LogP contribution in [0.3, 0.4) is 0 Å². The van der Waals surface area contributed by atoms with E-state index in [1.165, 1.54) is 6.07 Å². The van der Waals surface area contributed by atoms with E-state index in [4.69, 9.17) is 0 Å². The van der Waals surface area contributed by atoms with Gasteiger partial charge in [0.15, 0.2) is 0 Å². The Hall–Kier alpha value is -1.62. The Bertz CT molecular complexity index is 924. The maximum atomic E-state index is 14.1. The number of hydrogen-bond donors (Lipinski definition) is 1. The normalized spacial score (nSPS) is 29.2. The molecule has 0 aliphatic carbocycles. The van der Waals surface area contributed by atoms with Crippen LogP contribution >= 0.6 is 0 Å². The Morgan fingerprint density at radius 3 is 2.25 bits per heavy atom. The topological polar surface area (TPSA) is 73.0 Å². The summed E-state index contributed by atoms with van der Waals surface area (Å²) in [6.07, 6.45) is 2.58. The average Bonchev–Trinajstić information content (AvgIpc) is 2.78. The molecule has 0 spiro atoms. The van der Waals surface area contributed by atoms with E-state index in [9.17, 15) is 22.0 Å². The summed E-state index contributed by atoms with van der Waals surface area (Å²) >= 11 is 0. The minimum Gasteiger partial charge on any atom is -0.350 e. The van der Waals surface area contributed by atoms with E-state index in [1.807, 2.05) is 6.92 Å². The van der Waals surface area contributed by atoms with Gasteiger partial charge in [-0.15, -0.1) is 0 Å². The van der Waals surface area contributed by atoms with E-state index < -0.39 is 33.1 Å². The third kappa shape index (κ3) is 4.42. The third-order valence-corrected chi connectivity index (χ3v) is 9.39. The number of nitrogens with one attached hydrogen (secondary N) is 1. The lowest BCUT2D eigenvalue weighted by Crippen LogP contribution is -2.73. The summed E-state index contributed by atoms with van der Waals surface area (Å²) in [5.41, 5.74) is -0.923. The highest BCUT2D eigenvalue weighted by Gasteiger charge is 2.51. The molecule has 0 aromatic heterocycles. The average molecular weight is 471 g/mol. The van der Waals surface area contributed by atoms with E-state index >= 15 is 0 Å². The van der Waals surface area contributed by atoms with Gasteiger partial charge in [0.1, 0.15) is 17.2 Å². The monoisotopic (exact) mass is 470 g/mol. The van der Waals surface area contributed by atoms with Crippen molar-refractivity contribution in [3.05, 3.63) is 35.4 Å². The van der Waals surface area contributed by atoms with Gasteiger partial charge in [0, 0.05) is 39.3 Å². The third-order valence-electron chi connectivity index (χ3n) is 7.31. The molecule has 4 aliphatic heterocycles. The number of rotatable bonds is 7. The van der Waals surface area contributed by atoms with Crippen molar-refractivity contribution in [3.63, 3.8) is 0 Å². The van der Waals surface area contributed by atoms with Crippen molar-refractivity contribution < 1.29 is 22.0 Å². The number of carbonyl (C=O) groups excluding carboxylic acids is 1. The highest BCUT2D eigenvalue weighted by atomic mass is 32.2. The quantitative estimate of drug-likeness (QED) is 0.654. The summed E-state index contributed by atoms with van der Waals surface area (Å²) in [6.45, 7) is 6.92. The van der Waals surface area contributed by atoms with Crippen molar-refractivity contribution in [3.8, 4) is 0 Å². The van der Waals surface area contributed by atoms with Gasteiger partial charge in [0.05, 0.1) is 11.3 Å². The van der Waals surface area contributed by atoms with E-state index in [1.54, 1.807) is 4.31 Å². The van der Waals surface area contributed by atoms with Crippen LogP contribution in [0.2, 0.25) is 0 Å². The smallest absolute Gasteiger partial charge is 0.257 e. The number of amides is 1. The molecule has 0 saturated carbocycles. The van der Waals surface area contributed by atoms with Crippen LogP contribution in [-0.4, -0.2) is 92.1 Å². The molecule has 1 unspecified atom stereocenters. The second-order valence-corrected chi connectivity index (χ2v) is 11.2. The van der Waals surface area contributed by atoms with Crippen LogP contribution in [0.15, 0.2) is 18.2 Å². The molecule has 1 amide bonds. The van der Waals surface area contributed by atoms with Crippen LogP contribution in [0.25, 0.3) is 0 Å². The Morgan fingerprint density at radius 1 is 1.09 bits per heavy atom. The molecule has 7 nitrogen and oxygen atoms in total. The fourth-order valence-corrected chi connectivity index (χ4v) is 7.14. The van der Waals surface area contributed by atoms with E-state index in [0.29, 0.717) is 38.5 Å². The van der Waals surface area contributed by atoms with Gasteiger partial charge in [0.2, 0.25) is 10.0 Å². The van der Waals surface area contributed by atoms with Crippen LogP contribution in [-0.2, 0) is 10.0 Å². The van der Waals surface area contributed by atoms with Gasteiger partial charge in [-0.3, -0.25) is 9.69 Å². The van der Waals surface area contributed by atoms with Gasteiger partial charge in [-0.2, -0.15) is 4.31 Å². The molecule has 10 heteroatoms. The van der Waals surface area contributed by atoms with E-state index in [2.05, 4.69) is 15.1 Å². The standard InChI is InChI=1S/C22H32F2N4O3S/c1-2-14-32(30,31)28-12-10-27(11-13-28)22(16-26-8-6-17(22)7-9-26)15-25-21(29)20-18(23)4-3-5-19(20)24/h3-5,17H,2,6-16H2,1H3,(H,25,29). The zero-order valence-electron chi connectivity index (χ0n) is 18.5. The number of benzene rings is 1. The summed E-state index contributed by atoms with van der Waals surface area (Å²) in [6, 6.07) is 3.40. The zero-order chi connectivity index (χ0) is 22.9. The first kappa shape index (κ1) is 23.5. The summed E-state index contributed by atoms with van der Waals surface area (Å²) in [5.74, 6) is -2.00. The number of fused-ring (bicyclic) bond motifs is 3. The molecule has 1 atom stereocenters. The fourth-order valence-electron chi connectivity index (χ4n) is 5.65. The SMILES string of the molecule is CCCS(=O)(=O)N1CCN(C2(CNC(=O)c3c(F)cccc3F)CN3CCC2CC3)CC1. The van der Waals surface area contributed by atoms with Gasteiger partial charge < -0.3 is 10.2 Å². The molecule has 32 heavy (non-hydrogen) atoms. The van der Waals surface area contributed by atoms with Crippen molar-refractivity contribution in [1.29, 1.82) is 0 Å². The number of sulfonamides is 1. The van der Waals surface area contributed by atoms with Crippen molar-refractivity contribution in [2.45, 2.75) is 31.7 Å². The van der Waals surface area contributed by atoms with Crippen molar-refractivity contribution in [2.75, 3.05) is 58.1 Å². The van der Waals surface area contributed by atoms with Gasteiger partial charge in [0.25, 0.3) is 5.91 Å². The molecule has 1 N–H and O–H groups in total. The Morgan fingerprint density at radius 2 is 1.72 bits per heavy atom. The summed E-state index contributed by atoms with van der Waals surface area (Å²) < 4.78 is 54.7. The van der Waals surface area contributed by atoms with Crippen LogP contribution in [0.4, 0.5) is 8.78 Å². The second kappa shape index (κ2) is 9.32. The lowest BCUT2D eigenvalue weighted by Gasteiger charge is -2.59. The first-order valence-corrected chi connectivity index (χ1v) is 13.0. The van der Waals surface area contributed by atoms with Crippen LogP contribution < -0.4 is 5.32 Å². The molecule has 0 radical (unpaired) electrons. The fraction of sp³-hybridized carbons (Fsp3) is 0.682. The van der Waals surface area contributed by atoms with Gasteiger partial charge in [-0.25, -0.2) is 17.2 Å². The molecule has 2 bridgehead atoms. The summed E-state index contributed by atoms with van der Waals surface area (Å²) in [4.78, 5) is 17.4. The number of carbonyl (C=O) groups is 1. The minimum atomic E-state index is -3.25. The minimum absolute atomic E-state index is 0.152. The molecule has 1 aromatic carbocycles. The van der Waals surface area contributed by atoms with Crippen molar-refractivity contribution in [2.24, 2.45) is 5.92 Å². The lowest BCUT2D eigenvalue weighted by molar-refractivity contribution is -0.0796. The first-order valence-electron chi connectivity index (χ1n) is 11.4. The van der Waals surface area contributed by atoms with E-state index in [0.717, 1.165) is 44.6 Å². The zero-order valence-corrected chi connectivity index (χ0v) is 19.3. The Balaban J connectivity index is 1.51. The number of hydrogen-bond acceptors (Lipinski definition) is 5. The lowest BCUT2D eigenvalue weighted by atomic mass is 9.71. The second-order valence-electron chi connectivity index (χ2n) is 9.14. The summed E-state index contributed by atoms with van der Waals surface area (Å²) in [7, 11) is -3.25. The maximum absolute atomic E-state index is 14.1. The number of nitrogens with zero attached hydrogens (tertiary/aromatic N) is 3. The van der Waals surface area contributed by atoms with Crippen LogP contribution in [0, 0.1) is 17.6 Å². The predicted octanol–water partition coefficient (Wildman–Crippen LogP) is 1.52. The highest BCUT2D eigenvalue weighted by molar-refractivity contribution is 7.89. The molecule has 5 rings (SSSR count). The molecule has 178 valence electrons. The van der Waals surface area contributed by atoms with Gasteiger partial charge >= 0.3 is 0 Å². The molecule has 4 saturated heterocycles. The Kier molecular flexibility index (Phi) is 6.86. The predicted molar refractivity (Wildman–Crippen MR) is 118 cm³/mol. The largest absolute Gasteiger partial charge is 0.350 e. The molecular weight excluding hydrogens is 438 g/mol. The number of piperidine rings is 3.